The molecule has 3 aromatic rings. The van der Waals surface area contributed by atoms with Crippen molar-refractivity contribution in [2.24, 2.45) is 0 Å². The van der Waals surface area contributed by atoms with Gasteiger partial charge in [-0.25, -0.2) is 4.79 Å². The summed E-state index contributed by atoms with van der Waals surface area (Å²) < 4.78 is 17.0. The number of aliphatic carboxylic acids is 1. The number of rotatable bonds is 13. The number of amides is 2. The van der Waals surface area contributed by atoms with E-state index in [1.807, 2.05) is 42.5 Å². The molecule has 0 bridgehead atoms. The van der Waals surface area contributed by atoms with Gasteiger partial charge in [0, 0.05) is 31.9 Å². The first-order valence-electron chi connectivity index (χ1n) is 14.7. The first-order valence-corrected chi connectivity index (χ1v) is 14.7. The quantitative estimate of drug-likeness (QED) is 0.210. The normalized spacial score (nSPS) is 14.1. The molecule has 1 aliphatic rings. The van der Waals surface area contributed by atoms with E-state index in [2.05, 4.69) is 16.0 Å². The molecule has 11 nitrogen and oxygen atoms in total. The molecule has 0 spiro atoms. The number of fused-ring (bicyclic) bond motifs is 3. The highest BCUT2D eigenvalue weighted by Crippen LogP contribution is 2.50. The number of carbonyl (C=O) groups excluding carboxylic acids is 2. The Bertz CT molecular complexity index is 1610. The highest BCUT2D eigenvalue weighted by atomic mass is 16.5. The van der Waals surface area contributed by atoms with Crippen LogP contribution in [0.1, 0.15) is 48.9 Å². The van der Waals surface area contributed by atoms with Crippen LogP contribution in [0.15, 0.2) is 59.4 Å². The fourth-order valence-electron chi connectivity index (χ4n) is 5.64. The van der Waals surface area contributed by atoms with Crippen molar-refractivity contribution in [2.45, 2.75) is 51.1 Å². The Balaban J connectivity index is 1.55. The van der Waals surface area contributed by atoms with Gasteiger partial charge >= 0.3 is 5.97 Å². The third kappa shape index (κ3) is 7.91. The van der Waals surface area contributed by atoms with E-state index in [1.54, 1.807) is 20.3 Å². The Kier molecular flexibility index (Phi) is 11.0. The van der Waals surface area contributed by atoms with Gasteiger partial charge in [-0.05, 0) is 59.7 Å². The van der Waals surface area contributed by atoms with Crippen molar-refractivity contribution in [3.63, 3.8) is 0 Å². The van der Waals surface area contributed by atoms with Crippen molar-refractivity contribution in [3.05, 3.63) is 81.5 Å². The smallest absolute Gasteiger partial charge is 0.326 e. The van der Waals surface area contributed by atoms with E-state index in [9.17, 15) is 24.3 Å². The van der Waals surface area contributed by atoms with Gasteiger partial charge in [0.25, 0.3) is 0 Å². The molecule has 45 heavy (non-hydrogen) atoms. The predicted octanol–water partition coefficient (Wildman–Crippen LogP) is 3.87. The molecule has 1 aliphatic carbocycles. The summed E-state index contributed by atoms with van der Waals surface area (Å²) in [6.07, 6.45) is 1.75. The van der Waals surface area contributed by atoms with Crippen molar-refractivity contribution in [1.29, 1.82) is 0 Å². The Morgan fingerprint density at radius 2 is 1.71 bits per heavy atom. The van der Waals surface area contributed by atoms with E-state index in [0.717, 1.165) is 16.7 Å². The lowest BCUT2D eigenvalue weighted by atomic mass is 9.95. The third-order valence-electron chi connectivity index (χ3n) is 7.73. The summed E-state index contributed by atoms with van der Waals surface area (Å²) in [6, 6.07) is 14.5. The van der Waals surface area contributed by atoms with Crippen molar-refractivity contribution in [1.82, 2.24) is 10.6 Å². The number of benzene rings is 2. The summed E-state index contributed by atoms with van der Waals surface area (Å²) in [7, 11) is 4.62. The van der Waals surface area contributed by atoms with Gasteiger partial charge in [0.05, 0.1) is 33.1 Å². The lowest BCUT2D eigenvalue weighted by Crippen LogP contribution is -2.42. The maximum absolute atomic E-state index is 13.5. The standard InChI is InChI=1S/C34H39N3O8/c1-20(38)36-25-14-12-22-18-29(43-2)32(44-3)33(45-4)31(22)23-13-15-26(28(39)19-24(23)25)35-16-8-11-30(40)37-27(34(41)42)17-21-9-6-5-7-10-21/h5-7,9-10,13,15,18-19,25,27H,8,11-12,14,16-17H2,1-4H3,(H,35,39)(H,36,38)(H,37,40)(H,41,42). The Labute approximate surface area is 261 Å². The lowest BCUT2D eigenvalue weighted by molar-refractivity contribution is -0.141. The Morgan fingerprint density at radius 3 is 2.36 bits per heavy atom. The van der Waals surface area contributed by atoms with Gasteiger partial charge in [-0.1, -0.05) is 36.4 Å². The maximum Gasteiger partial charge on any atom is 0.326 e. The SMILES string of the molecule is COc1cc2c(c(OC)c1OC)-c1ccc(NCCCC(=O)NC(Cc3ccccc3)C(=O)O)c(=O)cc1C(NC(C)=O)CC2. The molecule has 3 aromatic carbocycles. The summed E-state index contributed by atoms with van der Waals surface area (Å²) in [6.45, 7) is 1.74. The van der Waals surface area contributed by atoms with Gasteiger partial charge in [0.15, 0.2) is 11.5 Å². The average Bonchev–Trinajstić information content (AvgIpc) is 3.26. The molecule has 0 fully saturated rings. The number of hydrogen-bond acceptors (Lipinski definition) is 8. The molecule has 0 aromatic heterocycles. The molecule has 4 rings (SSSR count). The first-order chi connectivity index (χ1) is 21.7. The number of aryl methyl sites for hydroxylation is 1. The van der Waals surface area contributed by atoms with Gasteiger partial charge in [0.2, 0.25) is 23.0 Å². The summed E-state index contributed by atoms with van der Waals surface area (Å²) >= 11 is 0. The third-order valence-corrected chi connectivity index (χ3v) is 7.73. The van der Waals surface area contributed by atoms with E-state index >= 15 is 0 Å². The van der Waals surface area contributed by atoms with E-state index in [-0.39, 0.29) is 30.1 Å². The zero-order valence-electron chi connectivity index (χ0n) is 25.9. The second-order valence-corrected chi connectivity index (χ2v) is 10.8. The van der Waals surface area contributed by atoms with Gasteiger partial charge in [-0.2, -0.15) is 0 Å². The number of anilines is 1. The van der Waals surface area contributed by atoms with Crippen LogP contribution in [0.5, 0.6) is 17.2 Å². The first kappa shape index (κ1) is 32.8. The average molecular weight is 618 g/mol. The minimum Gasteiger partial charge on any atom is -0.493 e. The van der Waals surface area contributed by atoms with Crippen molar-refractivity contribution >= 4 is 23.5 Å². The molecule has 0 aliphatic heterocycles. The minimum atomic E-state index is -1.11. The van der Waals surface area contributed by atoms with Gasteiger partial charge in [-0.15, -0.1) is 0 Å². The van der Waals surface area contributed by atoms with Gasteiger partial charge in [-0.3, -0.25) is 14.4 Å². The fraction of sp³-hybridized carbons (Fsp3) is 0.353. The van der Waals surface area contributed by atoms with Crippen molar-refractivity contribution < 1.29 is 33.7 Å². The molecule has 0 saturated heterocycles. The molecule has 4 N–H and O–H groups in total. The van der Waals surface area contributed by atoms with Crippen LogP contribution in [0.25, 0.3) is 11.1 Å². The van der Waals surface area contributed by atoms with E-state index in [4.69, 9.17) is 14.2 Å². The number of ether oxygens (including phenoxy) is 3. The number of methoxy groups -OCH3 is 3. The zero-order valence-corrected chi connectivity index (χ0v) is 25.9. The summed E-state index contributed by atoms with van der Waals surface area (Å²) in [4.78, 5) is 49.9. The van der Waals surface area contributed by atoms with E-state index in [0.29, 0.717) is 59.9 Å². The summed E-state index contributed by atoms with van der Waals surface area (Å²) in [5, 5.41) is 18.3. The van der Waals surface area contributed by atoms with Crippen LogP contribution >= 0.6 is 0 Å². The summed E-state index contributed by atoms with van der Waals surface area (Å²) in [5.74, 6) is -0.324. The van der Waals surface area contributed by atoms with Crippen LogP contribution in [-0.2, 0) is 27.2 Å². The van der Waals surface area contributed by atoms with Crippen LogP contribution < -0.4 is 35.6 Å². The Hall–Kier alpha value is -5.06. The molecule has 2 amide bonds. The van der Waals surface area contributed by atoms with E-state index in [1.165, 1.54) is 20.1 Å². The number of nitrogens with one attached hydrogen (secondary N) is 3. The highest BCUT2D eigenvalue weighted by molar-refractivity contribution is 5.84. The largest absolute Gasteiger partial charge is 0.493 e. The highest BCUT2D eigenvalue weighted by Gasteiger charge is 2.29. The summed E-state index contributed by atoms with van der Waals surface area (Å²) in [5.41, 5.74) is 3.87. The minimum absolute atomic E-state index is 0.0754. The van der Waals surface area contributed by atoms with Crippen LogP contribution in [0.3, 0.4) is 0 Å². The number of carboxylic acids is 1. The van der Waals surface area contributed by atoms with Crippen LogP contribution in [0.2, 0.25) is 0 Å². The molecule has 238 valence electrons. The number of hydrogen-bond donors (Lipinski definition) is 4. The maximum atomic E-state index is 13.5. The zero-order chi connectivity index (χ0) is 32.5. The molecular formula is C34H39N3O8. The second-order valence-electron chi connectivity index (χ2n) is 10.8. The molecule has 2 unspecified atom stereocenters. The topological polar surface area (TPSA) is 152 Å². The molecule has 2 atom stereocenters. The van der Waals surface area contributed by atoms with Crippen molar-refractivity contribution in [3.8, 4) is 28.4 Å². The predicted molar refractivity (Wildman–Crippen MR) is 170 cm³/mol. The Morgan fingerprint density at radius 1 is 0.978 bits per heavy atom. The molecule has 0 radical (unpaired) electrons. The van der Waals surface area contributed by atoms with Gasteiger partial charge in [0.1, 0.15) is 6.04 Å². The fourth-order valence-corrected chi connectivity index (χ4v) is 5.64. The molecule has 0 saturated carbocycles. The second kappa shape index (κ2) is 15.1. The molecule has 0 heterocycles. The monoisotopic (exact) mass is 617 g/mol. The molecule has 11 heteroatoms. The molecular weight excluding hydrogens is 578 g/mol. The number of carboxylic acid groups (broad SMARTS) is 1. The van der Waals surface area contributed by atoms with Crippen LogP contribution in [-0.4, -0.2) is 56.8 Å². The van der Waals surface area contributed by atoms with Crippen molar-refractivity contribution in [2.75, 3.05) is 33.2 Å². The number of carbonyl (C=O) groups is 3. The van der Waals surface area contributed by atoms with Gasteiger partial charge < -0.3 is 35.3 Å². The van der Waals surface area contributed by atoms with Crippen LogP contribution in [0.4, 0.5) is 5.69 Å². The van der Waals surface area contributed by atoms with Crippen LogP contribution in [0, 0.1) is 0 Å². The lowest BCUT2D eigenvalue weighted by Gasteiger charge is -2.19. The van der Waals surface area contributed by atoms with E-state index < -0.39 is 18.1 Å².